The first kappa shape index (κ1) is 10.5. The highest BCUT2D eigenvalue weighted by atomic mass is 17.0. The Morgan fingerprint density at radius 3 is 1.44 bits per heavy atom. The molecule has 82 valence electrons. The fourth-order valence-corrected chi connectivity index (χ4v) is 1.19. The van der Waals surface area contributed by atoms with Gasteiger partial charge in [-0.15, -0.1) is 0 Å². The molecule has 2 aromatic carbocycles. The SMILES string of the molecule is NN(Oc1ccccc1)Oc1ccccc1. The Morgan fingerprint density at radius 2 is 1.06 bits per heavy atom. The molecule has 0 saturated carbocycles. The van der Waals surface area contributed by atoms with Gasteiger partial charge in [-0.3, -0.25) is 0 Å². The van der Waals surface area contributed by atoms with Crippen LogP contribution in [0.3, 0.4) is 0 Å². The van der Waals surface area contributed by atoms with E-state index >= 15 is 0 Å². The third-order valence-corrected chi connectivity index (χ3v) is 1.88. The summed E-state index contributed by atoms with van der Waals surface area (Å²) in [4.78, 5) is 10.4. The number of benzene rings is 2. The minimum atomic E-state index is 0.612. The Balaban J connectivity index is 1.92. The lowest BCUT2D eigenvalue weighted by molar-refractivity contribution is -0.260. The summed E-state index contributed by atoms with van der Waals surface area (Å²) < 4.78 is 0. The predicted molar refractivity (Wildman–Crippen MR) is 60.2 cm³/mol. The lowest BCUT2D eigenvalue weighted by atomic mass is 10.3. The van der Waals surface area contributed by atoms with Crippen LogP contribution in [0.25, 0.3) is 0 Å². The molecule has 0 unspecified atom stereocenters. The quantitative estimate of drug-likeness (QED) is 0.628. The van der Waals surface area contributed by atoms with Crippen LogP contribution in [0.5, 0.6) is 11.5 Å². The molecular formula is C12H12N2O2. The van der Waals surface area contributed by atoms with Crippen molar-refractivity contribution in [3.8, 4) is 11.5 Å². The maximum absolute atomic E-state index is 5.53. The molecule has 0 radical (unpaired) electrons. The Morgan fingerprint density at radius 1 is 0.688 bits per heavy atom. The molecule has 0 spiro atoms. The average molecular weight is 216 g/mol. The molecule has 2 rings (SSSR count). The van der Waals surface area contributed by atoms with Gasteiger partial charge < -0.3 is 9.68 Å². The third kappa shape index (κ3) is 2.98. The molecule has 0 atom stereocenters. The zero-order chi connectivity index (χ0) is 11.2. The van der Waals surface area contributed by atoms with Gasteiger partial charge >= 0.3 is 0 Å². The van der Waals surface area contributed by atoms with E-state index in [9.17, 15) is 0 Å². The zero-order valence-corrected chi connectivity index (χ0v) is 8.61. The fraction of sp³-hybridized carbons (Fsp3) is 0. The molecule has 0 aliphatic heterocycles. The van der Waals surface area contributed by atoms with Gasteiger partial charge in [0, 0.05) is 0 Å². The molecule has 0 fully saturated rings. The Bertz CT molecular complexity index is 378. The maximum Gasteiger partial charge on any atom is 0.153 e. The number of para-hydroxylation sites is 2. The summed E-state index contributed by atoms with van der Waals surface area (Å²) in [5, 5.41) is 0.824. The zero-order valence-electron chi connectivity index (χ0n) is 8.61. The largest absolute Gasteiger partial charge is 0.358 e. The maximum atomic E-state index is 5.53. The predicted octanol–water partition coefficient (Wildman–Crippen LogP) is 2.15. The highest BCUT2D eigenvalue weighted by Crippen LogP contribution is 2.12. The highest BCUT2D eigenvalue weighted by Gasteiger charge is 2.02. The van der Waals surface area contributed by atoms with Gasteiger partial charge in [-0.05, 0) is 24.3 Å². The van der Waals surface area contributed by atoms with Gasteiger partial charge in [-0.25, -0.2) is 0 Å². The van der Waals surface area contributed by atoms with Crippen molar-refractivity contribution in [1.29, 1.82) is 0 Å². The van der Waals surface area contributed by atoms with E-state index in [0.29, 0.717) is 11.5 Å². The number of rotatable bonds is 4. The number of hydrazine groups is 1. The standard InChI is InChI=1S/C12H12N2O2/c13-14(15-11-7-3-1-4-8-11)16-12-9-5-2-6-10-12/h1-10H,13H2. The number of nitrogens with zero attached hydrogens (tertiary/aromatic N) is 1. The third-order valence-electron chi connectivity index (χ3n) is 1.88. The van der Waals surface area contributed by atoms with Crippen LogP contribution in [0.2, 0.25) is 0 Å². The van der Waals surface area contributed by atoms with Crippen LogP contribution in [0.1, 0.15) is 0 Å². The van der Waals surface area contributed by atoms with Gasteiger partial charge in [-0.2, -0.15) is 5.84 Å². The normalized spacial score (nSPS) is 10.1. The molecule has 0 heterocycles. The first-order valence-electron chi connectivity index (χ1n) is 4.85. The van der Waals surface area contributed by atoms with Crippen LogP contribution >= 0.6 is 0 Å². The molecule has 2 aromatic rings. The summed E-state index contributed by atoms with van der Waals surface area (Å²) >= 11 is 0. The molecule has 0 aromatic heterocycles. The second-order valence-electron chi connectivity index (χ2n) is 3.09. The molecule has 16 heavy (non-hydrogen) atoms. The van der Waals surface area contributed by atoms with Gasteiger partial charge in [0.1, 0.15) is 5.34 Å². The summed E-state index contributed by atoms with van der Waals surface area (Å²) in [7, 11) is 0. The van der Waals surface area contributed by atoms with E-state index < -0.39 is 0 Å². The first-order valence-corrected chi connectivity index (χ1v) is 4.85. The van der Waals surface area contributed by atoms with Crippen molar-refractivity contribution in [2.45, 2.75) is 0 Å². The lowest BCUT2D eigenvalue weighted by Gasteiger charge is -2.16. The molecule has 0 aliphatic carbocycles. The van der Waals surface area contributed by atoms with Crippen molar-refractivity contribution < 1.29 is 9.68 Å². The summed E-state index contributed by atoms with van der Waals surface area (Å²) in [6, 6.07) is 18.3. The van der Waals surface area contributed by atoms with E-state index in [-0.39, 0.29) is 0 Å². The lowest BCUT2D eigenvalue weighted by Crippen LogP contribution is -2.37. The topological polar surface area (TPSA) is 47.7 Å². The van der Waals surface area contributed by atoms with Gasteiger partial charge in [0.2, 0.25) is 0 Å². The van der Waals surface area contributed by atoms with Gasteiger partial charge in [0.15, 0.2) is 11.5 Å². The van der Waals surface area contributed by atoms with E-state index in [1.165, 1.54) is 0 Å². The van der Waals surface area contributed by atoms with Crippen molar-refractivity contribution in [3.05, 3.63) is 60.7 Å². The summed E-state index contributed by atoms with van der Waals surface area (Å²) in [6.45, 7) is 0. The van der Waals surface area contributed by atoms with Crippen LogP contribution in [0, 0.1) is 0 Å². The summed E-state index contributed by atoms with van der Waals surface area (Å²) in [6.07, 6.45) is 0. The summed E-state index contributed by atoms with van der Waals surface area (Å²) in [5.74, 6) is 6.75. The van der Waals surface area contributed by atoms with Crippen molar-refractivity contribution in [1.82, 2.24) is 5.34 Å². The van der Waals surface area contributed by atoms with Gasteiger partial charge in [0.25, 0.3) is 0 Å². The van der Waals surface area contributed by atoms with E-state index in [1.807, 2.05) is 36.4 Å². The van der Waals surface area contributed by atoms with E-state index in [0.717, 1.165) is 5.34 Å². The Labute approximate surface area is 93.7 Å². The van der Waals surface area contributed by atoms with Gasteiger partial charge in [0.05, 0.1) is 0 Å². The van der Waals surface area contributed by atoms with Crippen LogP contribution in [-0.2, 0) is 0 Å². The molecule has 0 saturated heterocycles. The van der Waals surface area contributed by atoms with Gasteiger partial charge in [-0.1, -0.05) is 36.4 Å². The van der Waals surface area contributed by atoms with E-state index in [2.05, 4.69) is 0 Å². The van der Waals surface area contributed by atoms with Crippen molar-refractivity contribution in [3.63, 3.8) is 0 Å². The van der Waals surface area contributed by atoms with Crippen LogP contribution in [0.15, 0.2) is 60.7 Å². The first-order chi connectivity index (χ1) is 7.84. The second kappa shape index (κ2) is 5.16. The minimum Gasteiger partial charge on any atom is -0.358 e. The highest BCUT2D eigenvalue weighted by molar-refractivity contribution is 5.21. The molecule has 4 heteroatoms. The van der Waals surface area contributed by atoms with E-state index in [1.54, 1.807) is 24.3 Å². The molecule has 2 N–H and O–H groups in total. The fourth-order valence-electron chi connectivity index (χ4n) is 1.19. The monoisotopic (exact) mass is 216 g/mol. The van der Waals surface area contributed by atoms with Crippen LogP contribution in [0.4, 0.5) is 0 Å². The average Bonchev–Trinajstić information content (AvgIpc) is 2.31. The molecule has 0 aliphatic rings. The summed E-state index contributed by atoms with van der Waals surface area (Å²) in [5.41, 5.74) is 0. The number of hydrogen-bond acceptors (Lipinski definition) is 4. The minimum absolute atomic E-state index is 0.612. The number of hydrogen-bond donors (Lipinski definition) is 1. The molecule has 0 bridgehead atoms. The van der Waals surface area contributed by atoms with Crippen molar-refractivity contribution >= 4 is 0 Å². The Hall–Kier alpha value is -2.04. The Kier molecular flexibility index (Phi) is 3.38. The molecule has 0 amide bonds. The smallest absolute Gasteiger partial charge is 0.153 e. The van der Waals surface area contributed by atoms with Crippen LogP contribution in [-0.4, -0.2) is 5.34 Å². The van der Waals surface area contributed by atoms with E-state index in [4.69, 9.17) is 15.5 Å². The number of nitrogens with two attached hydrogens (primary N) is 1. The van der Waals surface area contributed by atoms with Crippen molar-refractivity contribution in [2.24, 2.45) is 5.84 Å². The molecular weight excluding hydrogens is 204 g/mol. The molecule has 4 nitrogen and oxygen atoms in total. The van der Waals surface area contributed by atoms with Crippen molar-refractivity contribution in [2.75, 3.05) is 0 Å². The van der Waals surface area contributed by atoms with Crippen LogP contribution < -0.4 is 15.5 Å². The second-order valence-corrected chi connectivity index (χ2v) is 3.09.